The van der Waals surface area contributed by atoms with Gasteiger partial charge in [-0.05, 0) is 52.2 Å². The summed E-state index contributed by atoms with van der Waals surface area (Å²) in [7, 11) is 0. The van der Waals surface area contributed by atoms with Crippen LogP contribution >= 0.6 is 0 Å². The lowest BCUT2D eigenvalue weighted by atomic mass is 10.0. The fourth-order valence-corrected chi connectivity index (χ4v) is 4.25. The van der Waals surface area contributed by atoms with E-state index in [-0.39, 0.29) is 5.91 Å². The molecule has 0 fully saturated rings. The van der Waals surface area contributed by atoms with E-state index in [1.165, 1.54) is 0 Å². The van der Waals surface area contributed by atoms with Crippen LogP contribution in [0.15, 0.2) is 91.0 Å². The molecule has 0 unspecified atom stereocenters. The van der Waals surface area contributed by atoms with E-state index in [0.717, 1.165) is 32.8 Å². The van der Waals surface area contributed by atoms with Crippen LogP contribution in [0.5, 0.6) is 0 Å². The van der Waals surface area contributed by atoms with Crippen LogP contribution in [-0.4, -0.2) is 10.5 Å². The van der Waals surface area contributed by atoms with E-state index in [4.69, 9.17) is 5.26 Å². The number of rotatable bonds is 5. The third-order valence-electron chi connectivity index (χ3n) is 6.01. The van der Waals surface area contributed by atoms with E-state index in [0.29, 0.717) is 29.9 Å². The van der Waals surface area contributed by atoms with Gasteiger partial charge in [-0.2, -0.15) is 10.5 Å². The molecule has 5 heteroatoms. The van der Waals surface area contributed by atoms with Crippen molar-refractivity contribution in [2.75, 3.05) is 0 Å². The minimum atomic E-state index is -0.195. The van der Waals surface area contributed by atoms with Crippen LogP contribution in [0.2, 0.25) is 0 Å². The van der Waals surface area contributed by atoms with Crippen molar-refractivity contribution in [3.05, 3.63) is 119 Å². The SMILES string of the molecule is N#Cc1ccc(CNC(=O)c2cc3ccc(C#N)cc3n2Cc2cccc3ccccc23)cc1. The molecular weight excluding hydrogens is 420 g/mol. The smallest absolute Gasteiger partial charge is 0.268 e. The van der Waals surface area contributed by atoms with Crippen molar-refractivity contribution in [3.63, 3.8) is 0 Å². The maximum absolute atomic E-state index is 13.3. The quantitative estimate of drug-likeness (QED) is 0.391. The van der Waals surface area contributed by atoms with Gasteiger partial charge in [-0.15, -0.1) is 0 Å². The molecule has 4 aromatic carbocycles. The Morgan fingerprint density at radius 1 is 0.794 bits per heavy atom. The van der Waals surface area contributed by atoms with Crippen LogP contribution in [-0.2, 0) is 13.1 Å². The first kappa shape index (κ1) is 21.0. The van der Waals surface area contributed by atoms with Gasteiger partial charge >= 0.3 is 0 Å². The molecule has 1 N–H and O–H groups in total. The van der Waals surface area contributed by atoms with Gasteiger partial charge in [0.2, 0.25) is 0 Å². The van der Waals surface area contributed by atoms with Gasteiger partial charge < -0.3 is 9.88 Å². The topological polar surface area (TPSA) is 81.6 Å². The number of nitrogens with zero attached hydrogens (tertiary/aromatic N) is 3. The molecule has 5 nitrogen and oxygen atoms in total. The lowest BCUT2D eigenvalue weighted by molar-refractivity contribution is 0.0942. The number of hydrogen-bond acceptors (Lipinski definition) is 3. The number of carbonyl (C=O) groups excluding carboxylic acids is 1. The van der Waals surface area contributed by atoms with Crippen molar-refractivity contribution >= 4 is 27.6 Å². The first-order chi connectivity index (χ1) is 16.7. The Morgan fingerprint density at radius 3 is 2.32 bits per heavy atom. The molecule has 5 aromatic rings. The number of carbonyl (C=O) groups is 1. The van der Waals surface area contributed by atoms with Crippen molar-refractivity contribution in [1.82, 2.24) is 9.88 Å². The summed E-state index contributed by atoms with van der Waals surface area (Å²) in [4.78, 5) is 13.3. The van der Waals surface area contributed by atoms with Crippen molar-refractivity contribution in [2.45, 2.75) is 13.1 Å². The molecule has 0 radical (unpaired) electrons. The van der Waals surface area contributed by atoms with Crippen LogP contribution in [0.25, 0.3) is 21.7 Å². The standard InChI is InChI=1S/C29H20N4O/c30-16-20-8-10-21(11-9-20)18-32-29(34)28-15-24-13-12-22(17-31)14-27(24)33(28)19-25-6-3-5-23-4-1-2-7-26(23)25/h1-15H,18-19H2,(H,32,34). The Hall–Kier alpha value is -4.87. The van der Waals surface area contributed by atoms with E-state index >= 15 is 0 Å². The second kappa shape index (κ2) is 8.94. The second-order valence-electron chi connectivity index (χ2n) is 8.13. The summed E-state index contributed by atoms with van der Waals surface area (Å²) in [6.45, 7) is 0.850. The van der Waals surface area contributed by atoms with Crippen LogP contribution in [0.3, 0.4) is 0 Å². The van der Waals surface area contributed by atoms with Crippen molar-refractivity contribution in [3.8, 4) is 12.1 Å². The fraction of sp³-hybridized carbons (Fsp3) is 0.0690. The summed E-state index contributed by atoms with van der Waals surface area (Å²) < 4.78 is 1.98. The summed E-state index contributed by atoms with van der Waals surface area (Å²) in [5.41, 5.74) is 4.52. The lowest BCUT2D eigenvalue weighted by Gasteiger charge is -2.13. The maximum Gasteiger partial charge on any atom is 0.268 e. The Morgan fingerprint density at radius 2 is 1.53 bits per heavy atom. The average molecular weight is 441 g/mol. The lowest BCUT2D eigenvalue weighted by Crippen LogP contribution is -2.25. The predicted octanol–water partition coefficient (Wildman–Crippen LogP) is 5.52. The first-order valence-electron chi connectivity index (χ1n) is 10.9. The second-order valence-corrected chi connectivity index (χ2v) is 8.13. The number of nitrogens with one attached hydrogen (secondary N) is 1. The highest BCUT2D eigenvalue weighted by atomic mass is 16.1. The molecule has 1 amide bonds. The van der Waals surface area contributed by atoms with Crippen molar-refractivity contribution in [2.24, 2.45) is 0 Å². The van der Waals surface area contributed by atoms with Gasteiger partial charge in [0.05, 0.1) is 28.8 Å². The van der Waals surface area contributed by atoms with E-state index in [9.17, 15) is 10.1 Å². The molecule has 0 saturated heterocycles. The van der Waals surface area contributed by atoms with Gasteiger partial charge in [0.1, 0.15) is 5.69 Å². The Balaban J connectivity index is 1.53. The number of fused-ring (bicyclic) bond motifs is 2. The van der Waals surface area contributed by atoms with Crippen LogP contribution < -0.4 is 5.32 Å². The third-order valence-corrected chi connectivity index (χ3v) is 6.01. The number of amides is 1. The van der Waals surface area contributed by atoms with Gasteiger partial charge in [0, 0.05) is 18.5 Å². The average Bonchev–Trinajstić information content (AvgIpc) is 3.25. The molecule has 0 saturated carbocycles. The minimum absolute atomic E-state index is 0.195. The highest BCUT2D eigenvalue weighted by Crippen LogP contribution is 2.26. The minimum Gasteiger partial charge on any atom is -0.347 e. The Kier molecular flexibility index (Phi) is 5.52. The number of aromatic nitrogens is 1. The molecule has 162 valence electrons. The zero-order valence-corrected chi connectivity index (χ0v) is 18.3. The first-order valence-corrected chi connectivity index (χ1v) is 10.9. The Labute approximate surface area is 197 Å². The molecule has 5 rings (SSSR count). The number of benzene rings is 4. The van der Waals surface area contributed by atoms with Crippen molar-refractivity contribution < 1.29 is 4.79 Å². The normalized spacial score (nSPS) is 10.6. The van der Waals surface area contributed by atoms with Gasteiger partial charge in [0.15, 0.2) is 0 Å². The molecule has 0 bridgehead atoms. The molecule has 0 atom stereocenters. The maximum atomic E-state index is 13.3. The van der Waals surface area contributed by atoms with Crippen LogP contribution in [0, 0.1) is 22.7 Å². The van der Waals surface area contributed by atoms with Gasteiger partial charge in [-0.25, -0.2) is 0 Å². The van der Waals surface area contributed by atoms with E-state index in [2.05, 4.69) is 41.7 Å². The molecule has 0 aliphatic carbocycles. The van der Waals surface area contributed by atoms with E-state index in [1.54, 1.807) is 18.2 Å². The number of nitriles is 2. The summed E-state index contributed by atoms with van der Waals surface area (Å²) in [6, 6.07) is 33.1. The third kappa shape index (κ3) is 3.99. The summed E-state index contributed by atoms with van der Waals surface area (Å²) in [5.74, 6) is -0.195. The molecule has 0 aliphatic rings. The highest BCUT2D eigenvalue weighted by Gasteiger charge is 2.17. The van der Waals surface area contributed by atoms with Gasteiger partial charge in [0.25, 0.3) is 5.91 Å². The summed E-state index contributed by atoms with van der Waals surface area (Å²) in [6.07, 6.45) is 0. The molecule has 34 heavy (non-hydrogen) atoms. The highest BCUT2D eigenvalue weighted by molar-refractivity contribution is 5.99. The van der Waals surface area contributed by atoms with E-state index in [1.807, 2.05) is 53.1 Å². The van der Waals surface area contributed by atoms with Gasteiger partial charge in [-0.1, -0.05) is 60.7 Å². The van der Waals surface area contributed by atoms with Crippen molar-refractivity contribution in [1.29, 1.82) is 10.5 Å². The predicted molar refractivity (Wildman–Crippen MR) is 132 cm³/mol. The summed E-state index contributed by atoms with van der Waals surface area (Å²) in [5, 5.41) is 24.6. The zero-order valence-electron chi connectivity index (χ0n) is 18.3. The molecule has 0 aliphatic heterocycles. The molecule has 1 heterocycles. The fourth-order valence-electron chi connectivity index (χ4n) is 4.25. The molecule has 1 aromatic heterocycles. The molecule has 0 spiro atoms. The largest absolute Gasteiger partial charge is 0.347 e. The molecular formula is C29H20N4O. The monoisotopic (exact) mass is 440 g/mol. The van der Waals surface area contributed by atoms with Gasteiger partial charge in [-0.3, -0.25) is 4.79 Å². The van der Waals surface area contributed by atoms with E-state index < -0.39 is 0 Å². The number of hydrogen-bond donors (Lipinski definition) is 1. The Bertz CT molecular complexity index is 1610. The summed E-state index contributed by atoms with van der Waals surface area (Å²) >= 11 is 0. The van der Waals surface area contributed by atoms with Crippen LogP contribution in [0.4, 0.5) is 0 Å². The zero-order chi connectivity index (χ0) is 23.5. The van der Waals surface area contributed by atoms with Crippen LogP contribution in [0.1, 0.15) is 32.7 Å².